The molecule has 32 heavy (non-hydrogen) atoms. The second kappa shape index (κ2) is 9.35. The van der Waals surface area contributed by atoms with Gasteiger partial charge in [-0.3, -0.25) is 9.67 Å². The van der Waals surface area contributed by atoms with Crippen LogP contribution in [0.3, 0.4) is 0 Å². The van der Waals surface area contributed by atoms with Gasteiger partial charge in [0, 0.05) is 24.4 Å². The minimum absolute atomic E-state index is 0.395. The third kappa shape index (κ3) is 4.72. The minimum atomic E-state index is -0.794. The molecule has 0 aliphatic carbocycles. The van der Waals surface area contributed by atoms with Crippen LogP contribution in [0.15, 0.2) is 45.9 Å². The van der Waals surface area contributed by atoms with E-state index in [1.54, 1.807) is 29.9 Å². The minimum Gasteiger partial charge on any atom is -0.493 e. The Hall–Kier alpha value is -3.46. The number of unbranched alkanes of at least 4 members (excludes halogenated alkanes) is 2. The molecule has 1 aromatic carbocycles. The second-order valence-corrected chi connectivity index (χ2v) is 7.74. The molecule has 4 aromatic rings. The number of ether oxygens (including phenoxy) is 1. The van der Waals surface area contributed by atoms with Crippen molar-refractivity contribution in [2.75, 3.05) is 6.61 Å². The van der Waals surface area contributed by atoms with Crippen LogP contribution in [0.2, 0.25) is 0 Å². The topological polar surface area (TPSA) is 106 Å². The maximum Gasteiger partial charge on any atom is 0.418 e. The molecule has 3 heterocycles. The number of pyridine rings is 1. The number of fused-ring (bicyclic) bond motifs is 1. The first-order valence-electron chi connectivity index (χ1n) is 10.5. The molecule has 3 aromatic heterocycles. The lowest BCUT2D eigenvalue weighted by Gasteiger charge is -2.13. The van der Waals surface area contributed by atoms with Gasteiger partial charge in [-0.15, -0.1) is 0 Å². The molecule has 0 amide bonds. The van der Waals surface area contributed by atoms with E-state index in [1.165, 1.54) is 12.1 Å². The van der Waals surface area contributed by atoms with E-state index < -0.39 is 17.7 Å². The number of rotatable bonds is 9. The Labute approximate surface area is 183 Å². The van der Waals surface area contributed by atoms with Gasteiger partial charge in [0.2, 0.25) is 0 Å². The molecule has 1 unspecified atom stereocenters. The highest BCUT2D eigenvalue weighted by atomic mass is 19.1. The van der Waals surface area contributed by atoms with E-state index >= 15 is 0 Å². The predicted octanol–water partition coefficient (Wildman–Crippen LogP) is 3.90. The monoisotopic (exact) mass is 440 g/mol. The number of aliphatic hydroxyl groups excluding tert-OH is 1. The lowest BCUT2D eigenvalue weighted by molar-refractivity contribution is 0.190. The first-order valence-corrected chi connectivity index (χ1v) is 10.5. The molecule has 0 aliphatic rings. The Kier molecular flexibility index (Phi) is 6.36. The first-order chi connectivity index (χ1) is 15.4. The van der Waals surface area contributed by atoms with Gasteiger partial charge in [-0.25, -0.2) is 14.2 Å². The number of oxazole rings is 1. The van der Waals surface area contributed by atoms with E-state index in [9.17, 15) is 14.3 Å². The van der Waals surface area contributed by atoms with Crippen molar-refractivity contribution in [2.24, 2.45) is 7.05 Å². The van der Waals surface area contributed by atoms with Crippen molar-refractivity contribution < 1.29 is 18.7 Å². The summed E-state index contributed by atoms with van der Waals surface area (Å²) < 4.78 is 26.1. The molecule has 0 saturated heterocycles. The van der Waals surface area contributed by atoms with Gasteiger partial charge in [0.05, 0.1) is 24.6 Å². The van der Waals surface area contributed by atoms with Crippen LogP contribution in [0.5, 0.6) is 5.75 Å². The van der Waals surface area contributed by atoms with Crippen molar-refractivity contribution in [1.29, 1.82) is 0 Å². The van der Waals surface area contributed by atoms with E-state index in [4.69, 9.17) is 9.15 Å². The van der Waals surface area contributed by atoms with E-state index in [0.29, 0.717) is 29.2 Å². The van der Waals surface area contributed by atoms with Gasteiger partial charge in [-0.1, -0.05) is 0 Å². The fourth-order valence-electron chi connectivity index (χ4n) is 3.76. The molecule has 0 aliphatic heterocycles. The first kappa shape index (κ1) is 21.8. The normalized spacial score (nSPS) is 12.4. The molecular formula is C23H25FN4O4. The molecular weight excluding hydrogens is 415 g/mol. The molecule has 4 rings (SSSR count). The van der Waals surface area contributed by atoms with Crippen molar-refractivity contribution in [2.45, 2.75) is 38.7 Å². The van der Waals surface area contributed by atoms with Crippen LogP contribution in [0, 0.1) is 5.82 Å². The number of hydrogen-bond donors (Lipinski definition) is 2. The molecule has 2 N–H and O–H groups in total. The lowest BCUT2D eigenvalue weighted by atomic mass is 10.0. The van der Waals surface area contributed by atoms with Crippen molar-refractivity contribution in [1.82, 2.24) is 19.7 Å². The fourth-order valence-corrected chi connectivity index (χ4v) is 3.76. The number of halogens is 1. The predicted molar refractivity (Wildman–Crippen MR) is 117 cm³/mol. The van der Waals surface area contributed by atoms with Gasteiger partial charge < -0.3 is 14.3 Å². The highest BCUT2D eigenvalue weighted by molar-refractivity contribution is 5.75. The van der Waals surface area contributed by atoms with Gasteiger partial charge in [0.25, 0.3) is 0 Å². The van der Waals surface area contributed by atoms with Gasteiger partial charge in [-0.05, 0) is 62.4 Å². The fraction of sp³-hybridized carbons (Fsp3) is 0.348. The number of aromatic nitrogens is 4. The zero-order valence-corrected chi connectivity index (χ0v) is 18.0. The van der Waals surface area contributed by atoms with Crippen molar-refractivity contribution in [3.05, 3.63) is 64.2 Å². The third-order valence-corrected chi connectivity index (χ3v) is 5.33. The zero-order chi connectivity index (χ0) is 22.7. The number of aliphatic hydroxyl groups is 1. The molecule has 9 heteroatoms. The van der Waals surface area contributed by atoms with Crippen LogP contribution in [0.25, 0.3) is 22.5 Å². The van der Waals surface area contributed by atoms with Crippen LogP contribution in [-0.2, 0) is 13.5 Å². The van der Waals surface area contributed by atoms with E-state index in [0.717, 1.165) is 42.5 Å². The highest BCUT2D eigenvalue weighted by Crippen LogP contribution is 2.27. The van der Waals surface area contributed by atoms with E-state index in [1.807, 2.05) is 13.2 Å². The van der Waals surface area contributed by atoms with Gasteiger partial charge in [0.1, 0.15) is 11.6 Å². The molecule has 0 radical (unpaired) electrons. The van der Waals surface area contributed by atoms with Gasteiger partial charge in [-0.2, -0.15) is 5.10 Å². The molecule has 0 saturated carbocycles. The largest absolute Gasteiger partial charge is 0.493 e. The Morgan fingerprint density at radius 1 is 1.25 bits per heavy atom. The van der Waals surface area contributed by atoms with Crippen LogP contribution >= 0.6 is 0 Å². The second-order valence-electron chi connectivity index (χ2n) is 7.74. The smallest absolute Gasteiger partial charge is 0.418 e. The van der Waals surface area contributed by atoms with Crippen molar-refractivity contribution in [3.8, 4) is 17.0 Å². The van der Waals surface area contributed by atoms with Gasteiger partial charge in [0.15, 0.2) is 11.2 Å². The Balaban J connectivity index is 1.33. The van der Waals surface area contributed by atoms with Crippen molar-refractivity contribution in [3.63, 3.8) is 0 Å². The average Bonchev–Trinajstić information content (AvgIpc) is 3.31. The summed E-state index contributed by atoms with van der Waals surface area (Å²) >= 11 is 0. The number of aryl methyl sites for hydroxylation is 2. The molecule has 0 spiro atoms. The molecule has 1 atom stereocenters. The van der Waals surface area contributed by atoms with Crippen molar-refractivity contribution >= 4 is 11.2 Å². The number of hydrogen-bond acceptors (Lipinski definition) is 6. The third-order valence-electron chi connectivity index (χ3n) is 5.33. The summed E-state index contributed by atoms with van der Waals surface area (Å²) in [6.45, 7) is 2.07. The molecule has 0 bridgehead atoms. The number of H-pyrrole nitrogens is 1. The standard InChI is InChI=1S/C23H25FN4O4/c1-14(29)18-11-17(24)7-8-19(18)31-9-5-3-4-6-15-13-26-28(2)21(15)16-10-20-22(25-12-16)27-23(30)32-20/h7-8,10-14,29H,3-6,9H2,1-2H3,(H,25,27,30). The summed E-state index contributed by atoms with van der Waals surface area (Å²) in [6.07, 6.45) is 6.27. The van der Waals surface area contributed by atoms with Gasteiger partial charge >= 0.3 is 5.76 Å². The number of benzene rings is 1. The maximum atomic E-state index is 13.4. The Morgan fingerprint density at radius 2 is 2.09 bits per heavy atom. The maximum absolute atomic E-state index is 13.4. The quantitative estimate of drug-likeness (QED) is 0.382. The van der Waals surface area contributed by atoms with Crippen LogP contribution < -0.4 is 10.5 Å². The summed E-state index contributed by atoms with van der Waals surface area (Å²) in [4.78, 5) is 18.2. The van der Waals surface area contributed by atoms with Crippen LogP contribution in [0.1, 0.15) is 43.4 Å². The number of nitrogens with one attached hydrogen (secondary N) is 1. The van der Waals surface area contributed by atoms with Crippen LogP contribution in [0.4, 0.5) is 4.39 Å². The molecule has 8 nitrogen and oxygen atoms in total. The number of nitrogens with zero attached hydrogens (tertiary/aromatic N) is 3. The SMILES string of the molecule is CC(O)c1cc(F)ccc1OCCCCCc1cnn(C)c1-c1cnc2[nH]c(=O)oc2c1. The van der Waals surface area contributed by atoms with E-state index in [2.05, 4.69) is 15.1 Å². The summed E-state index contributed by atoms with van der Waals surface area (Å²) in [6, 6.07) is 5.97. The lowest BCUT2D eigenvalue weighted by Crippen LogP contribution is -2.03. The summed E-state index contributed by atoms with van der Waals surface area (Å²) in [5.74, 6) is -0.415. The number of aromatic amines is 1. The summed E-state index contributed by atoms with van der Waals surface area (Å²) in [7, 11) is 1.87. The Bertz CT molecular complexity index is 1270. The van der Waals surface area contributed by atoms with E-state index in [-0.39, 0.29) is 0 Å². The molecule has 0 fully saturated rings. The average molecular weight is 440 g/mol. The summed E-state index contributed by atoms with van der Waals surface area (Å²) in [5, 5.41) is 14.2. The highest BCUT2D eigenvalue weighted by Gasteiger charge is 2.14. The molecule has 168 valence electrons. The zero-order valence-electron chi connectivity index (χ0n) is 18.0. The summed E-state index contributed by atoms with van der Waals surface area (Å²) in [5.41, 5.74) is 4.14. The Morgan fingerprint density at radius 3 is 2.91 bits per heavy atom. The van der Waals surface area contributed by atoms with Crippen LogP contribution in [-0.4, -0.2) is 31.5 Å².